The van der Waals surface area contributed by atoms with Gasteiger partial charge in [0.2, 0.25) is 0 Å². The van der Waals surface area contributed by atoms with Crippen LogP contribution in [0.5, 0.6) is 0 Å². The zero-order valence-corrected chi connectivity index (χ0v) is 34.1. The third kappa shape index (κ3) is 86.0. The summed E-state index contributed by atoms with van der Waals surface area (Å²) in [6, 6.07) is 0. The van der Waals surface area contributed by atoms with Crippen molar-refractivity contribution >= 4 is 23.9 Å². The van der Waals surface area contributed by atoms with Crippen molar-refractivity contribution in [3.8, 4) is 0 Å². The molecule has 35 heavy (non-hydrogen) atoms. The molecule has 4 nitrogen and oxygen atoms in total. The van der Waals surface area contributed by atoms with Gasteiger partial charge in [0.15, 0.2) is 0 Å². The minimum Gasteiger partial charge on any atom is -0.668 e. The largest absolute Gasteiger partial charge is 4.00 e. The molecule has 0 amide bonds. The van der Waals surface area contributed by atoms with Crippen molar-refractivity contribution in [2.45, 2.75) is 103 Å². The molecule has 0 aromatic heterocycles. The molecule has 7 heteroatoms. The van der Waals surface area contributed by atoms with Crippen molar-refractivity contribution in [2.75, 3.05) is 56.4 Å². The maximum atomic E-state index is 3.50. The molecule has 0 heterocycles. The molecule has 0 N–H and O–H groups in total. The Hall–Kier alpha value is 1.89. The first kappa shape index (κ1) is 53.2. The molecule has 0 atom stereocenters. The second-order valence-electron chi connectivity index (χ2n) is 8.08. The number of nitrogens with zero attached hydrogens (tertiary/aromatic N) is 4. The third-order valence-electron chi connectivity index (χ3n) is 4.27. The molecule has 0 aromatic rings. The fourth-order valence-electron chi connectivity index (χ4n) is 2.89. The number of rotatable bonds is 0. The van der Waals surface area contributed by atoms with Crippen LogP contribution in [0.15, 0.2) is 0 Å². The first-order valence-corrected chi connectivity index (χ1v) is 12.8. The summed E-state index contributed by atoms with van der Waals surface area (Å²) >= 11 is 0. The van der Waals surface area contributed by atoms with Crippen LogP contribution in [-0.2, 0) is 39.0 Å². The Labute approximate surface area is 267 Å². The maximum absolute atomic E-state index is 3.50. The van der Waals surface area contributed by atoms with Crippen molar-refractivity contribution in [2.24, 2.45) is 0 Å². The van der Waals surface area contributed by atoms with E-state index in [9.17, 15) is 0 Å². The van der Waals surface area contributed by atoms with Crippen molar-refractivity contribution < 1.29 is 39.0 Å². The Balaban J connectivity index is -0.0000000513. The average Bonchev–Trinajstić information content (AvgIpc) is 3.63. The standard InChI is InChI=1S/4C5H9.4C2H6N.Sn.2Zn/c4*1-2-4-5-3-1;4*1-3-2;;;/h4*1H,2-5H2;4*1-2H3;;;/q8*-1;+4;2*+2. The Bertz CT molecular complexity index is 161. The predicted molar refractivity (Wildman–Crippen MR) is 158 cm³/mol. The summed E-state index contributed by atoms with van der Waals surface area (Å²) in [5.41, 5.74) is 0. The average molecular weight is 702 g/mol. The summed E-state index contributed by atoms with van der Waals surface area (Å²) in [5, 5.41) is 14.0. The van der Waals surface area contributed by atoms with Crippen LogP contribution in [-0.4, -0.2) is 80.3 Å². The third-order valence-corrected chi connectivity index (χ3v) is 4.27. The molecule has 4 fully saturated rings. The van der Waals surface area contributed by atoms with Crippen molar-refractivity contribution in [1.29, 1.82) is 0 Å². The van der Waals surface area contributed by atoms with E-state index in [4.69, 9.17) is 0 Å². The van der Waals surface area contributed by atoms with Crippen LogP contribution < -0.4 is 0 Å². The zero-order chi connectivity index (χ0) is 25.0. The molecule has 4 rings (SSSR count). The van der Waals surface area contributed by atoms with Gasteiger partial charge in [0.25, 0.3) is 0 Å². The zero-order valence-electron chi connectivity index (χ0n) is 25.3. The molecule has 4 saturated carbocycles. The molecule has 0 radical (unpaired) electrons. The summed E-state index contributed by atoms with van der Waals surface area (Å²) < 4.78 is 0. The summed E-state index contributed by atoms with van der Waals surface area (Å²) in [4.78, 5) is 0. The molecule has 0 unspecified atom stereocenters. The van der Waals surface area contributed by atoms with Gasteiger partial charge in [0.05, 0.1) is 0 Å². The molecule has 0 spiro atoms. The topological polar surface area (TPSA) is 56.4 Å². The second kappa shape index (κ2) is 65.2. The summed E-state index contributed by atoms with van der Waals surface area (Å²) in [6.45, 7) is 0. The van der Waals surface area contributed by atoms with E-state index in [1.54, 1.807) is 56.4 Å². The smallest absolute Gasteiger partial charge is 0.668 e. The van der Waals surface area contributed by atoms with Crippen LogP contribution in [0.25, 0.3) is 21.3 Å². The number of hydrogen-bond donors (Lipinski definition) is 0. The van der Waals surface area contributed by atoms with Gasteiger partial charge in [-0.15, -0.1) is 0 Å². The van der Waals surface area contributed by atoms with Crippen LogP contribution in [0.3, 0.4) is 0 Å². The van der Waals surface area contributed by atoms with Gasteiger partial charge < -0.3 is 47.0 Å². The minimum atomic E-state index is 0. The molecular weight excluding hydrogens is 642 g/mol. The van der Waals surface area contributed by atoms with Crippen LogP contribution in [0.2, 0.25) is 0 Å². The van der Waals surface area contributed by atoms with E-state index in [2.05, 4.69) is 47.0 Å². The second-order valence-corrected chi connectivity index (χ2v) is 8.08. The Kier molecular flexibility index (Phi) is 99.0. The first-order chi connectivity index (χ1) is 15.7. The van der Waals surface area contributed by atoms with Gasteiger partial charge in [-0.2, -0.15) is 108 Å². The van der Waals surface area contributed by atoms with Gasteiger partial charge in [0, 0.05) is 0 Å². The SMILES string of the molecule is C[N-]C.C[N-]C.C[N-]C.C[N-]C.[CH-]1CCCC1.[CH-]1CCCC1.[CH-]1CCCC1.[CH-]1CCCC1.[Sn+4].[Zn+2].[Zn+2]. The van der Waals surface area contributed by atoms with E-state index in [0.29, 0.717) is 0 Å². The van der Waals surface area contributed by atoms with Crippen LogP contribution in [0.4, 0.5) is 0 Å². The minimum absolute atomic E-state index is 0. The van der Waals surface area contributed by atoms with Gasteiger partial charge in [-0.1, -0.05) is 51.4 Å². The van der Waals surface area contributed by atoms with Crippen molar-refractivity contribution in [3.63, 3.8) is 0 Å². The van der Waals surface area contributed by atoms with E-state index < -0.39 is 0 Å². The van der Waals surface area contributed by atoms with Gasteiger partial charge in [-0.25, -0.2) is 0 Å². The van der Waals surface area contributed by atoms with E-state index in [1.165, 1.54) is 103 Å². The maximum Gasteiger partial charge on any atom is 4.00 e. The van der Waals surface area contributed by atoms with E-state index in [-0.39, 0.29) is 62.9 Å². The van der Waals surface area contributed by atoms with E-state index in [0.717, 1.165) is 0 Å². The Morgan fingerprint density at radius 3 is 0.429 bits per heavy atom. The van der Waals surface area contributed by atoms with Crippen LogP contribution in [0.1, 0.15) is 103 Å². The Morgan fingerprint density at radius 2 is 0.400 bits per heavy atom. The van der Waals surface area contributed by atoms with Gasteiger partial charge in [-0.05, 0) is 0 Å². The Morgan fingerprint density at radius 1 is 0.314 bits per heavy atom. The molecule has 4 aliphatic carbocycles. The molecule has 0 aliphatic heterocycles. The quantitative estimate of drug-likeness (QED) is 0.179. The molecule has 0 saturated heterocycles. The fourth-order valence-corrected chi connectivity index (χ4v) is 2.89. The summed E-state index contributed by atoms with van der Waals surface area (Å²) in [7, 11) is 14.0. The van der Waals surface area contributed by atoms with E-state index in [1.807, 2.05) is 0 Å². The fraction of sp³-hybridized carbons (Fsp3) is 0.857. The monoisotopic (exact) mass is 700 g/mol. The van der Waals surface area contributed by atoms with Crippen molar-refractivity contribution in [1.82, 2.24) is 0 Å². The van der Waals surface area contributed by atoms with Crippen molar-refractivity contribution in [3.05, 3.63) is 47.0 Å². The van der Waals surface area contributed by atoms with Crippen LogP contribution in [0, 0.1) is 25.7 Å². The van der Waals surface area contributed by atoms with E-state index >= 15 is 0 Å². The predicted octanol–water partition coefficient (Wildman–Crippen LogP) is 9.15. The molecule has 4 aliphatic rings. The van der Waals surface area contributed by atoms with Gasteiger partial charge in [0.1, 0.15) is 0 Å². The molecular formula is C28H60N4SnZn2. The number of hydrogen-bond acceptors (Lipinski definition) is 0. The first-order valence-electron chi connectivity index (χ1n) is 12.8. The van der Waals surface area contributed by atoms with Gasteiger partial charge in [-0.3, -0.25) is 0 Å². The summed E-state index contributed by atoms with van der Waals surface area (Å²) in [5.74, 6) is 0. The normalized spacial score (nSPS) is 15.8. The molecule has 0 aromatic carbocycles. The molecule has 200 valence electrons. The molecule has 0 bridgehead atoms. The summed E-state index contributed by atoms with van der Waals surface area (Å²) in [6.07, 6.45) is 32.0. The van der Waals surface area contributed by atoms with Gasteiger partial charge >= 0.3 is 62.9 Å². The van der Waals surface area contributed by atoms with Crippen LogP contribution >= 0.6 is 0 Å².